The first-order valence-corrected chi connectivity index (χ1v) is 8.49. The minimum Gasteiger partial charge on any atom is -0.387 e. The van der Waals surface area contributed by atoms with Gasteiger partial charge in [-0.3, -0.25) is 9.59 Å². The van der Waals surface area contributed by atoms with Crippen molar-refractivity contribution >= 4 is 29.1 Å². The molecule has 0 aromatic heterocycles. The third-order valence-electron chi connectivity index (χ3n) is 4.75. The van der Waals surface area contributed by atoms with Crippen molar-refractivity contribution in [3.63, 3.8) is 0 Å². The zero-order valence-electron chi connectivity index (χ0n) is 13.7. The van der Waals surface area contributed by atoms with Gasteiger partial charge in [-0.1, -0.05) is 11.6 Å². The van der Waals surface area contributed by atoms with Gasteiger partial charge in [-0.2, -0.15) is 0 Å². The Kier molecular flexibility index (Phi) is 4.80. The summed E-state index contributed by atoms with van der Waals surface area (Å²) in [5.74, 6) is -0.643. The Morgan fingerprint density at radius 2 is 2.12 bits per heavy atom. The zero-order chi connectivity index (χ0) is 17.3. The molecule has 3 rings (SSSR count). The number of rotatable bonds is 4. The van der Waals surface area contributed by atoms with Crippen molar-refractivity contribution in [2.75, 3.05) is 38.1 Å². The van der Waals surface area contributed by atoms with Crippen LogP contribution in [-0.4, -0.2) is 60.6 Å². The lowest BCUT2D eigenvalue weighted by molar-refractivity contribution is -0.127. The van der Waals surface area contributed by atoms with E-state index in [1.807, 2.05) is 11.9 Å². The van der Waals surface area contributed by atoms with Gasteiger partial charge in [-0.25, -0.2) is 0 Å². The molecule has 7 heteroatoms. The number of hydrogen-bond donors (Lipinski definition) is 2. The minimum absolute atomic E-state index is 0.0724. The maximum absolute atomic E-state index is 12.4. The number of amides is 2. The number of anilines is 1. The molecular weight excluding hydrogens is 330 g/mol. The van der Waals surface area contributed by atoms with Gasteiger partial charge in [0.1, 0.15) is 0 Å². The van der Waals surface area contributed by atoms with Crippen molar-refractivity contribution in [1.82, 2.24) is 10.2 Å². The molecule has 0 saturated carbocycles. The molecule has 2 amide bonds. The summed E-state index contributed by atoms with van der Waals surface area (Å²) in [6.07, 6.45) is 0.830. The number of carbonyl (C=O) groups excluding carboxylic acids is 2. The van der Waals surface area contributed by atoms with Crippen LogP contribution in [-0.2, 0) is 9.59 Å². The lowest BCUT2D eigenvalue weighted by atomic mass is 10.0. The molecule has 2 aliphatic heterocycles. The molecule has 2 fully saturated rings. The normalized spacial score (nSPS) is 27.7. The summed E-state index contributed by atoms with van der Waals surface area (Å²) >= 11 is 5.87. The van der Waals surface area contributed by atoms with Crippen LogP contribution < -0.4 is 10.2 Å². The number of nitrogens with one attached hydrogen (secondary N) is 1. The van der Waals surface area contributed by atoms with E-state index < -0.39 is 11.5 Å². The molecule has 2 atom stereocenters. The van der Waals surface area contributed by atoms with E-state index in [1.54, 1.807) is 29.2 Å². The molecule has 130 valence electrons. The van der Waals surface area contributed by atoms with E-state index in [0.29, 0.717) is 24.5 Å². The van der Waals surface area contributed by atoms with Gasteiger partial charge in [0.2, 0.25) is 11.8 Å². The molecule has 0 bridgehead atoms. The molecule has 0 aliphatic carbocycles. The summed E-state index contributed by atoms with van der Waals surface area (Å²) in [7, 11) is 1.94. The molecule has 0 radical (unpaired) electrons. The van der Waals surface area contributed by atoms with Gasteiger partial charge < -0.3 is 20.2 Å². The van der Waals surface area contributed by atoms with E-state index in [-0.39, 0.29) is 24.8 Å². The fourth-order valence-corrected chi connectivity index (χ4v) is 3.48. The number of likely N-dealkylation sites (N-methyl/N-ethyl adjacent to an activating group) is 1. The monoisotopic (exact) mass is 351 g/mol. The Morgan fingerprint density at radius 3 is 2.75 bits per heavy atom. The zero-order valence-corrected chi connectivity index (χ0v) is 14.4. The predicted octanol–water partition coefficient (Wildman–Crippen LogP) is 0.876. The highest BCUT2D eigenvalue weighted by Gasteiger charge is 2.38. The van der Waals surface area contributed by atoms with Gasteiger partial charge in [-0.05, 0) is 37.7 Å². The number of nitrogens with zero attached hydrogens (tertiary/aromatic N) is 2. The van der Waals surface area contributed by atoms with Crippen LogP contribution >= 0.6 is 11.6 Å². The first-order valence-electron chi connectivity index (χ1n) is 8.11. The SMILES string of the molecule is CN1CC[C@](O)(CNC(=O)[C@H]2CC(=O)N(c3ccc(Cl)cc3)C2)C1. The van der Waals surface area contributed by atoms with Crippen molar-refractivity contribution < 1.29 is 14.7 Å². The van der Waals surface area contributed by atoms with Gasteiger partial charge in [-0.15, -0.1) is 0 Å². The molecule has 1 aromatic rings. The molecule has 1 aromatic carbocycles. The fraction of sp³-hybridized carbons (Fsp3) is 0.529. The summed E-state index contributed by atoms with van der Waals surface area (Å²) < 4.78 is 0. The van der Waals surface area contributed by atoms with E-state index >= 15 is 0 Å². The van der Waals surface area contributed by atoms with Crippen molar-refractivity contribution in [2.24, 2.45) is 5.92 Å². The fourth-order valence-electron chi connectivity index (χ4n) is 3.35. The summed E-state index contributed by atoms with van der Waals surface area (Å²) in [5.41, 5.74) is -0.126. The highest BCUT2D eigenvalue weighted by atomic mass is 35.5. The van der Waals surface area contributed by atoms with Crippen LogP contribution in [0.2, 0.25) is 5.02 Å². The molecule has 24 heavy (non-hydrogen) atoms. The van der Waals surface area contributed by atoms with Crippen LogP contribution in [0.25, 0.3) is 0 Å². The number of hydrogen-bond acceptors (Lipinski definition) is 4. The first-order chi connectivity index (χ1) is 11.4. The molecule has 2 saturated heterocycles. The second-order valence-corrected chi connectivity index (χ2v) is 7.25. The van der Waals surface area contributed by atoms with Gasteiger partial charge in [0, 0.05) is 43.3 Å². The maximum atomic E-state index is 12.4. The summed E-state index contributed by atoms with van der Waals surface area (Å²) in [6.45, 7) is 1.94. The lowest BCUT2D eigenvalue weighted by Crippen LogP contribution is -2.46. The van der Waals surface area contributed by atoms with Crippen LogP contribution in [0.4, 0.5) is 5.69 Å². The van der Waals surface area contributed by atoms with Gasteiger partial charge in [0.25, 0.3) is 0 Å². The number of carbonyl (C=O) groups is 2. The number of benzene rings is 1. The van der Waals surface area contributed by atoms with Crippen molar-refractivity contribution in [3.05, 3.63) is 29.3 Å². The summed E-state index contributed by atoms with van der Waals surface area (Å²) in [6, 6.07) is 7.00. The smallest absolute Gasteiger partial charge is 0.227 e. The average molecular weight is 352 g/mol. The summed E-state index contributed by atoms with van der Waals surface area (Å²) in [5, 5.41) is 13.8. The third kappa shape index (κ3) is 3.71. The molecule has 6 nitrogen and oxygen atoms in total. The molecule has 2 heterocycles. The summed E-state index contributed by atoms with van der Waals surface area (Å²) in [4.78, 5) is 28.2. The highest BCUT2D eigenvalue weighted by molar-refractivity contribution is 6.30. The second-order valence-electron chi connectivity index (χ2n) is 6.81. The molecular formula is C17H22ClN3O3. The topological polar surface area (TPSA) is 72.9 Å². The average Bonchev–Trinajstić information content (AvgIpc) is 3.09. The van der Waals surface area contributed by atoms with E-state index in [2.05, 4.69) is 5.32 Å². The van der Waals surface area contributed by atoms with E-state index in [0.717, 1.165) is 12.2 Å². The van der Waals surface area contributed by atoms with Crippen LogP contribution in [0.15, 0.2) is 24.3 Å². The van der Waals surface area contributed by atoms with Crippen molar-refractivity contribution in [1.29, 1.82) is 0 Å². The van der Waals surface area contributed by atoms with Gasteiger partial charge in [0.15, 0.2) is 0 Å². The lowest BCUT2D eigenvalue weighted by Gasteiger charge is -2.23. The highest BCUT2D eigenvalue weighted by Crippen LogP contribution is 2.26. The van der Waals surface area contributed by atoms with E-state index in [4.69, 9.17) is 11.6 Å². The van der Waals surface area contributed by atoms with Crippen molar-refractivity contribution in [2.45, 2.75) is 18.4 Å². The van der Waals surface area contributed by atoms with E-state index in [9.17, 15) is 14.7 Å². The second kappa shape index (κ2) is 6.70. The van der Waals surface area contributed by atoms with Crippen LogP contribution in [0.1, 0.15) is 12.8 Å². The Balaban J connectivity index is 1.57. The van der Waals surface area contributed by atoms with Crippen LogP contribution in [0.5, 0.6) is 0 Å². The number of β-amino-alcohol motifs (C(OH)–C–C–N with tert-alkyl or cyclic N) is 1. The minimum atomic E-state index is -0.872. The number of aliphatic hydroxyl groups is 1. The first kappa shape index (κ1) is 17.2. The Labute approximate surface area is 146 Å². The van der Waals surface area contributed by atoms with Gasteiger partial charge in [0.05, 0.1) is 11.5 Å². The molecule has 2 N–H and O–H groups in total. The van der Waals surface area contributed by atoms with E-state index in [1.165, 1.54) is 0 Å². The number of halogens is 1. The third-order valence-corrected chi connectivity index (χ3v) is 5.00. The predicted molar refractivity (Wildman–Crippen MR) is 92.0 cm³/mol. The van der Waals surface area contributed by atoms with Gasteiger partial charge >= 0.3 is 0 Å². The Bertz CT molecular complexity index is 636. The number of likely N-dealkylation sites (tertiary alicyclic amines) is 1. The molecule has 0 spiro atoms. The molecule has 2 aliphatic rings. The standard InChI is InChI=1S/C17H22ClN3O3/c1-20-7-6-17(24,11-20)10-19-16(23)12-8-15(22)21(9-12)14-4-2-13(18)3-5-14/h2-5,12,24H,6-11H2,1H3,(H,19,23)/t12-,17-/m0/s1. The molecule has 0 unspecified atom stereocenters. The van der Waals surface area contributed by atoms with Crippen molar-refractivity contribution in [3.8, 4) is 0 Å². The largest absolute Gasteiger partial charge is 0.387 e. The van der Waals surface area contributed by atoms with Crippen LogP contribution in [0, 0.1) is 5.92 Å². The van der Waals surface area contributed by atoms with Crippen LogP contribution in [0.3, 0.4) is 0 Å². The quantitative estimate of drug-likeness (QED) is 0.844. The Hall–Kier alpha value is -1.63. The maximum Gasteiger partial charge on any atom is 0.227 e. The Morgan fingerprint density at radius 1 is 1.42 bits per heavy atom.